The molecule has 3 N–H and O–H groups in total. The van der Waals surface area contributed by atoms with Gasteiger partial charge in [0.1, 0.15) is 5.75 Å². The van der Waals surface area contributed by atoms with Gasteiger partial charge in [0.25, 0.3) is 5.91 Å². The fraction of sp³-hybridized carbons (Fsp3) is 0.429. The number of carbonyl (C=O) groups is 2. The van der Waals surface area contributed by atoms with Crippen molar-refractivity contribution in [3.63, 3.8) is 0 Å². The Balaban J connectivity index is 1.98. The molecule has 2 rings (SSSR count). The molecule has 5 nitrogen and oxygen atoms in total. The van der Waals surface area contributed by atoms with E-state index in [0.717, 1.165) is 12.8 Å². The number of phenolic OH excluding ortho intramolecular Hbond substituents is 1. The van der Waals surface area contributed by atoms with Crippen LogP contribution in [0.5, 0.6) is 5.75 Å². The third kappa shape index (κ3) is 3.30. The highest BCUT2D eigenvalue weighted by atomic mass is 79.9. The summed E-state index contributed by atoms with van der Waals surface area (Å²) in [5.41, 5.74) is 0.184. The normalized spacial score (nSPS) is 21.6. The number of rotatable bonds is 4. The van der Waals surface area contributed by atoms with Gasteiger partial charge in [-0.15, -0.1) is 0 Å². The molecule has 1 fully saturated rings. The van der Waals surface area contributed by atoms with E-state index in [1.807, 2.05) is 0 Å². The molecule has 0 radical (unpaired) electrons. The van der Waals surface area contributed by atoms with Gasteiger partial charge < -0.3 is 15.5 Å². The van der Waals surface area contributed by atoms with Crippen molar-refractivity contribution < 1.29 is 19.8 Å². The van der Waals surface area contributed by atoms with E-state index in [1.54, 1.807) is 6.07 Å². The number of aromatic hydroxyl groups is 1. The van der Waals surface area contributed by atoms with Crippen LogP contribution in [0.2, 0.25) is 0 Å². The number of hydrogen-bond acceptors (Lipinski definition) is 3. The van der Waals surface area contributed by atoms with Crippen LogP contribution in [0.25, 0.3) is 0 Å². The largest absolute Gasteiger partial charge is 0.507 e. The minimum absolute atomic E-state index is 0.0363. The first-order chi connectivity index (χ1) is 9.49. The maximum absolute atomic E-state index is 12.0. The first kappa shape index (κ1) is 14.8. The number of phenols is 1. The SMILES string of the molecule is O=C(NCC1CCCC1C(=O)O)c1cc(Br)ccc1O. The summed E-state index contributed by atoms with van der Waals surface area (Å²) < 4.78 is 0.699. The Kier molecular flexibility index (Phi) is 4.65. The second-order valence-corrected chi connectivity index (χ2v) is 5.92. The van der Waals surface area contributed by atoms with E-state index in [-0.39, 0.29) is 29.1 Å². The molecule has 1 saturated carbocycles. The first-order valence-electron chi connectivity index (χ1n) is 6.48. The number of aliphatic carboxylic acids is 1. The van der Waals surface area contributed by atoms with Crippen molar-refractivity contribution in [3.05, 3.63) is 28.2 Å². The molecule has 0 bridgehead atoms. The molecule has 0 aromatic heterocycles. The molecule has 1 aromatic rings. The fourth-order valence-electron chi connectivity index (χ4n) is 2.62. The van der Waals surface area contributed by atoms with Crippen LogP contribution in [0, 0.1) is 11.8 Å². The van der Waals surface area contributed by atoms with Crippen molar-refractivity contribution in [2.24, 2.45) is 11.8 Å². The van der Waals surface area contributed by atoms with Crippen molar-refractivity contribution in [3.8, 4) is 5.75 Å². The summed E-state index contributed by atoms with van der Waals surface area (Å²) in [6, 6.07) is 4.62. The average Bonchev–Trinajstić information content (AvgIpc) is 2.87. The van der Waals surface area contributed by atoms with Crippen LogP contribution in [0.1, 0.15) is 29.6 Å². The summed E-state index contributed by atoms with van der Waals surface area (Å²) >= 11 is 3.24. The zero-order valence-corrected chi connectivity index (χ0v) is 12.4. The molecule has 20 heavy (non-hydrogen) atoms. The summed E-state index contributed by atoms with van der Waals surface area (Å²) in [5, 5.41) is 21.5. The molecule has 2 unspecified atom stereocenters. The highest BCUT2D eigenvalue weighted by molar-refractivity contribution is 9.10. The summed E-state index contributed by atoms with van der Waals surface area (Å²) in [7, 11) is 0. The van der Waals surface area contributed by atoms with Crippen molar-refractivity contribution in [2.75, 3.05) is 6.54 Å². The smallest absolute Gasteiger partial charge is 0.306 e. The summed E-state index contributed by atoms with van der Waals surface area (Å²) in [5.74, 6) is -1.70. The molecule has 0 spiro atoms. The second kappa shape index (κ2) is 6.26. The minimum atomic E-state index is -0.799. The van der Waals surface area contributed by atoms with Gasteiger partial charge in [0, 0.05) is 11.0 Å². The molecule has 0 heterocycles. The summed E-state index contributed by atoms with van der Waals surface area (Å²) in [4.78, 5) is 23.1. The van der Waals surface area contributed by atoms with Crippen molar-refractivity contribution in [1.29, 1.82) is 0 Å². The molecule has 6 heteroatoms. The van der Waals surface area contributed by atoms with Crippen LogP contribution in [0.3, 0.4) is 0 Å². The van der Waals surface area contributed by atoms with Gasteiger partial charge in [-0.25, -0.2) is 0 Å². The lowest BCUT2D eigenvalue weighted by Gasteiger charge is -2.16. The zero-order valence-electron chi connectivity index (χ0n) is 10.8. The van der Waals surface area contributed by atoms with Gasteiger partial charge in [0.2, 0.25) is 0 Å². The topological polar surface area (TPSA) is 86.6 Å². The van der Waals surface area contributed by atoms with E-state index in [1.165, 1.54) is 12.1 Å². The van der Waals surface area contributed by atoms with Crippen LogP contribution in [0.4, 0.5) is 0 Å². The Bertz CT molecular complexity index is 532. The second-order valence-electron chi connectivity index (χ2n) is 5.01. The Hall–Kier alpha value is -1.56. The van der Waals surface area contributed by atoms with Gasteiger partial charge in [0.05, 0.1) is 11.5 Å². The monoisotopic (exact) mass is 341 g/mol. The molecular weight excluding hydrogens is 326 g/mol. The highest BCUT2D eigenvalue weighted by Crippen LogP contribution is 2.31. The van der Waals surface area contributed by atoms with Gasteiger partial charge >= 0.3 is 5.97 Å². The Morgan fingerprint density at radius 3 is 2.80 bits per heavy atom. The van der Waals surface area contributed by atoms with Gasteiger partial charge in [-0.1, -0.05) is 22.4 Å². The third-order valence-corrected chi connectivity index (χ3v) is 4.20. The third-order valence-electron chi connectivity index (χ3n) is 3.70. The fourth-order valence-corrected chi connectivity index (χ4v) is 2.98. The van der Waals surface area contributed by atoms with E-state index in [9.17, 15) is 14.7 Å². The van der Waals surface area contributed by atoms with E-state index >= 15 is 0 Å². The van der Waals surface area contributed by atoms with Crippen molar-refractivity contribution in [2.45, 2.75) is 19.3 Å². The minimum Gasteiger partial charge on any atom is -0.507 e. The van der Waals surface area contributed by atoms with E-state index in [4.69, 9.17) is 5.11 Å². The number of benzene rings is 1. The van der Waals surface area contributed by atoms with Crippen LogP contribution in [-0.4, -0.2) is 28.6 Å². The van der Waals surface area contributed by atoms with Gasteiger partial charge in [0.15, 0.2) is 0 Å². The first-order valence-corrected chi connectivity index (χ1v) is 7.28. The molecule has 1 aromatic carbocycles. The number of amides is 1. The van der Waals surface area contributed by atoms with Crippen molar-refractivity contribution in [1.82, 2.24) is 5.32 Å². The van der Waals surface area contributed by atoms with Crippen LogP contribution >= 0.6 is 15.9 Å². The molecular formula is C14H16BrNO4. The number of hydrogen-bond donors (Lipinski definition) is 3. The molecule has 0 saturated heterocycles. The molecule has 2 atom stereocenters. The zero-order chi connectivity index (χ0) is 14.7. The number of carboxylic acid groups (broad SMARTS) is 1. The number of nitrogens with one attached hydrogen (secondary N) is 1. The summed E-state index contributed by atoms with van der Waals surface area (Å²) in [6.45, 7) is 0.321. The van der Waals surface area contributed by atoms with E-state index in [2.05, 4.69) is 21.2 Å². The van der Waals surface area contributed by atoms with Gasteiger partial charge in [-0.3, -0.25) is 9.59 Å². The summed E-state index contributed by atoms with van der Waals surface area (Å²) in [6.07, 6.45) is 2.35. The number of carboxylic acids is 1. The predicted molar refractivity (Wildman–Crippen MR) is 76.6 cm³/mol. The van der Waals surface area contributed by atoms with E-state index in [0.29, 0.717) is 17.4 Å². The number of halogens is 1. The maximum atomic E-state index is 12.0. The lowest BCUT2D eigenvalue weighted by Crippen LogP contribution is -2.33. The molecule has 1 aliphatic carbocycles. The highest BCUT2D eigenvalue weighted by Gasteiger charge is 2.33. The quantitative estimate of drug-likeness (QED) is 0.784. The Morgan fingerprint density at radius 2 is 2.10 bits per heavy atom. The van der Waals surface area contributed by atoms with Gasteiger partial charge in [-0.2, -0.15) is 0 Å². The lowest BCUT2D eigenvalue weighted by atomic mass is 9.96. The van der Waals surface area contributed by atoms with Gasteiger partial charge in [-0.05, 0) is 37.0 Å². The van der Waals surface area contributed by atoms with E-state index < -0.39 is 5.97 Å². The molecule has 108 valence electrons. The molecule has 0 aliphatic heterocycles. The maximum Gasteiger partial charge on any atom is 0.306 e. The molecule has 1 aliphatic rings. The standard InChI is InChI=1S/C14H16BrNO4/c15-9-4-5-12(17)11(6-9)13(18)16-7-8-2-1-3-10(8)14(19)20/h4-6,8,10,17H,1-3,7H2,(H,16,18)(H,19,20). The predicted octanol–water partition coefficient (Wildman–Crippen LogP) is 2.39. The van der Waals surface area contributed by atoms with Crippen LogP contribution in [-0.2, 0) is 4.79 Å². The Morgan fingerprint density at radius 1 is 1.35 bits per heavy atom. The van der Waals surface area contributed by atoms with Crippen molar-refractivity contribution >= 4 is 27.8 Å². The Labute approximate surface area is 125 Å². The average molecular weight is 342 g/mol. The number of carbonyl (C=O) groups excluding carboxylic acids is 1. The van der Waals surface area contributed by atoms with Crippen LogP contribution in [0.15, 0.2) is 22.7 Å². The molecule has 1 amide bonds. The van der Waals surface area contributed by atoms with Crippen LogP contribution < -0.4 is 5.32 Å². The lowest BCUT2D eigenvalue weighted by molar-refractivity contribution is -0.142.